The van der Waals surface area contributed by atoms with Crippen LogP contribution in [0.2, 0.25) is 0 Å². The van der Waals surface area contributed by atoms with E-state index in [0.717, 1.165) is 16.8 Å². The van der Waals surface area contributed by atoms with Crippen molar-refractivity contribution >= 4 is 5.65 Å². The van der Waals surface area contributed by atoms with Crippen molar-refractivity contribution in [1.29, 1.82) is 0 Å². The zero-order chi connectivity index (χ0) is 19.5. The van der Waals surface area contributed by atoms with E-state index in [2.05, 4.69) is 10.3 Å². The fraction of sp³-hybridized carbons (Fsp3) is 0.250. The number of H-pyrrole nitrogens is 1. The smallest absolute Gasteiger partial charge is 0.272 e. The van der Waals surface area contributed by atoms with Gasteiger partial charge in [0.1, 0.15) is 5.76 Å². The molecule has 1 N–H and O–H groups in total. The van der Waals surface area contributed by atoms with Crippen molar-refractivity contribution in [2.75, 3.05) is 14.2 Å². The van der Waals surface area contributed by atoms with Crippen molar-refractivity contribution in [3.05, 3.63) is 70.0 Å². The summed E-state index contributed by atoms with van der Waals surface area (Å²) in [6.45, 7) is 0.347. The first kappa shape index (κ1) is 18.0. The number of hydrogen-bond donors (Lipinski definition) is 1. The van der Waals surface area contributed by atoms with E-state index in [1.165, 1.54) is 17.7 Å². The van der Waals surface area contributed by atoms with Gasteiger partial charge < -0.3 is 14.0 Å². The van der Waals surface area contributed by atoms with Gasteiger partial charge in [-0.2, -0.15) is 0 Å². The van der Waals surface area contributed by atoms with Crippen molar-refractivity contribution in [1.82, 2.24) is 19.8 Å². The maximum absolute atomic E-state index is 12.7. The predicted molar refractivity (Wildman–Crippen MR) is 102 cm³/mol. The van der Waals surface area contributed by atoms with E-state index in [9.17, 15) is 4.79 Å². The highest BCUT2D eigenvalue weighted by Gasteiger charge is 2.17. The highest BCUT2D eigenvalue weighted by molar-refractivity contribution is 5.79. The fourth-order valence-corrected chi connectivity index (χ4v) is 3.18. The third-order valence-corrected chi connectivity index (χ3v) is 4.47. The minimum absolute atomic E-state index is 0.172. The molecule has 1 aromatic carbocycles. The first-order valence-electron chi connectivity index (χ1n) is 8.87. The summed E-state index contributed by atoms with van der Waals surface area (Å²) in [4.78, 5) is 17.4. The van der Waals surface area contributed by atoms with Gasteiger partial charge in [-0.3, -0.25) is 9.89 Å². The second-order valence-corrected chi connectivity index (χ2v) is 6.34. The Labute approximate surface area is 160 Å². The highest BCUT2D eigenvalue weighted by atomic mass is 16.5. The molecule has 144 valence electrons. The number of ether oxygens (including phenoxy) is 2. The molecule has 0 aliphatic rings. The first-order valence-corrected chi connectivity index (χ1v) is 8.87. The zero-order valence-electron chi connectivity index (χ0n) is 15.6. The number of hydrogen-bond acceptors (Lipinski definition) is 6. The van der Waals surface area contributed by atoms with Crippen LogP contribution in [0.3, 0.4) is 0 Å². The molecule has 0 spiro atoms. The van der Waals surface area contributed by atoms with E-state index in [1.54, 1.807) is 13.2 Å². The minimum atomic E-state index is -0.172. The molecule has 0 aliphatic heterocycles. The summed E-state index contributed by atoms with van der Waals surface area (Å²) in [5.74, 6) is 1.11. The topological polar surface area (TPSA) is 94.7 Å². The number of methoxy groups -OCH3 is 2. The maximum Gasteiger partial charge on any atom is 0.272 e. The number of rotatable bonds is 7. The molecule has 3 heterocycles. The lowest BCUT2D eigenvalue weighted by Gasteiger charge is -2.04. The number of nitrogens with zero attached hydrogens (tertiary/aromatic N) is 3. The van der Waals surface area contributed by atoms with Gasteiger partial charge in [-0.1, -0.05) is 30.3 Å². The summed E-state index contributed by atoms with van der Waals surface area (Å²) < 4.78 is 17.0. The number of benzene rings is 1. The molecule has 0 saturated carbocycles. The van der Waals surface area contributed by atoms with Crippen LogP contribution in [-0.4, -0.2) is 34.0 Å². The molecule has 4 rings (SSSR count). The molecule has 0 saturated heterocycles. The van der Waals surface area contributed by atoms with Crippen LogP contribution in [0.15, 0.2) is 51.8 Å². The summed E-state index contributed by atoms with van der Waals surface area (Å²) >= 11 is 0. The third-order valence-electron chi connectivity index (χ3n) is 4.47. The molecule has 0 unspecified atom stereocenters. The molecule has 0 atom stereocenters. The monoisotopic (exact) mass is 380 g/mol. The third kappa shape index (κ3) is 3.41. The van der Waals surface area contributed by atoms with Crippen LogP contribution in [0.5, 0.6) is 5.88 Å². The summed E-state index contributed by atoms with van der Waals surface area (Å²) in [6.07, 6.45) is 1.11. The van der Waals surface area contributed by atoms with E-state index in [0.29, 0.717) is 42.4 Å². The standard InChI is InChI=1S/C20H20N4O4/c1-26-12-16-19(13-6-4-3-5-7-13)20-21-14(10-18(25)24(20)22-16)8-9-15-11-17(27-2)23-28-15/h3-7,10-11,22H,8-9,12H2,1-2H3. The SMILES string of the molecule is COCc1[nH]n2c(=O)cc(CCc3cc(OC)no3)nc2c1-c1ccccc1. The molecule has 3 aromatic heterocycles. The predicted octanol–water partition coefficient (Wildman–Crippen LogP) is 2.62. The molecular weight excluding hydrogens is 360 g/mol. The van der Waals surface area contributed by atoms with Gasteiger partial charge in [-0.15, -0.1) is 0 Å². The van der Waals surface area contributed by atoms with Crippen molar-refractivity contribution in [3.8, 4) is 17.0 Å². The van der Waals surface area contributed by atoms with Crippen molar-refractivity contribution in [2.45, 2.75) is 19.4 Å². The lowest BCUT2D eigenvalue weighted by atomic mass is 10.1. The van der Waals surface area contributed by atoms with Gasteiger partial charge in [0.25, 0.3) is 11.4 Å². The lowest BCUT2D eigenvalue weighted by molar-refractivity contribution is 0.181. The van der Waals surface area contributed by atoms with Crippen molar-refractivity contribution < 1.29 is 14.0 Å². The zero-order valence-corrected chi connectivity index (χ0v) is 15.6. The minimum Gasteiger partial charge on any atom is -0.479 e. The molecule has 28 heavy (non-hydrogen) atoms. The molecule has 4 aromatic rings. The Balaban J connectivity index is 1.74. The van der Waals surface area contributed by atoms with Crippen LogP contribution in [-0.2, 0) is 24.2 Å². The van der Waals surface area contributed by atoms with E-state index in [1.807, 2.05) is 30.3 Å². The number of nitrogens with one attached hydrogen (secondary N) is 1. The van der Waals surface area contributed by atoms with Crippen LogP contribution >= 0.6 is 0 Å². The lowest BCUT2D eigenvalue weighted by Crippen LogP contribution is -2.16. The van der Waals surface area contributed by atoms with E-state index < -0.39 is 0 Å². The maximum atomic E-state index is 12.7. The highest BCUT2D eigenvalue weighted by Crippen LogP contribution is 2.27. The molecule has 0 radical (unpaired) electrons. The van der Waals surface area contributed by atoms with Crippen LogP contribution in [0.25, 0.3) is 16.8 Å². The van der Waals surface area contributed by atoms with Gasteiger partial charge in [0, 0.05) is 36.9 Å². The van der Waals surface area contributed by atoms with Crippen LogP contribution < -0.4 is 10.3 Å². The molecular formula is C20H20N4O4. The van der Waals surface area contributed by atoms with Crippen LogP contribution in [0.4, 0.5) is 0 Å². The van der Waals surface area contributed by atoms with Crippen molar-refractivity contribution in [3.63, 3.8) is 0 Å². The second kappa shape index (κ2) is 7.69. The Bertz CT molecular complexity index is 1140. The second-order valence-electron chi connectivity index (χ2n) is 6.34. The average molecular weight is 380 g/mol. The van der Waals surface area contributed by atoms with Crippen LogP contribution in [0, 0.1) is 0 Å². The van der Waals surface area contributed by atoms with Crippen LogP contribution in [0.1, 0.15) is 17.1 Å². The Morgan fingerprint density at radius 2 is 1.96 bits per heavy atom. The van der Waals surface area contributed by atoms with E-state index in [-0.39, 0.29) is 5.56 Å². The normalized spacial score (nSPS) is 11.2. The van der Waals surface area contributed by atoms with Gasteiger partial charge in [0.05, 0.1) is 19.4 Å². The molecule has 0 aliphatic carbocycles. The van der Waals surface area contributed by atoms with Gasteiger partial charge in [0.15, 0.2) is 5.65 Å². The van der Waals surface area contributed by atoms with Gasteiger partial charge >= 0.3 is 0 Å². The van der Waals surface area contributed by atoms with E-state index in [4.69, 9.17) is 19.0 Å². The van der Waals surface area contributed by atoms with E-state index >= 15 is 0 Å². The molecule has 8 nitrogen and oxygen atoms in total. The Morgan fingerprint density at radius 3 is 2.68 bits per heavy atom. The number of aromatic nitrogens is 4. The summed E-state index contributed by atoms with van der Waals surface area (Å²) in [5, 5.41) is 6.91. The number of fused-ring (bicyclic) bond motifs is 1. The van der Waals surface area contributed by atoms with Gasteiger partial charge in [0.2, 0.25) is 0 Å². The molecule has 8 heteroatoms. The quantitative estimate of drug-likeness (QED) is 0.530. The molecule has 0 bridgehead atoms. The average Bonchev–Trinajstić information content (AvgIpc) is 3.32. The Kier molecular flexibility index (Phi) is 4.94. The number of aryl methyl sites for hydroxylation is 2. The first-order chi connectivity index (χ1) is 13.7. The summed E-state index contributed by atoms with van der Waals surface area (Å²) in [5.41, 5.74) is 3.72. The van der Waals surface area contributed by atoms with Gasteiger partial charge in [-0.05, 0) is 17.1 Å². The molecule has 0 amide bonds. The Morgan fingerprint density at radius 1 is 1.14 bits per heavy atom. The van der Waals surface area contributed by atoms with Gasteiger partial charge in [-0.25, -0.2) is 9.50 Å². The molecule has 0 fully saturated rings. The fourth-order valence-electron chi connectivity index (χ4n) is 3.18. The Hall–Kier alpha value is -3.39. The van der Waals surface area contributed by atoms with Crippen molar-refractivity contribution in [2.24, 2.45) is 0 Å². The number of aromatic amines is 1. The summed E-state index contributed by atoms with van der Waals surface area (Å²) in [6, 6.07) is 13.1. The summed E-state index contributed by atoms with van der Waals surface area (Å²) in [7, 11) is 3.15. The largest absolute Gasteiger partial charge is 0.479 e.